The Morgan fingerprint density at radius 3 is 2.81 bits per heavy atom. The third-order valence-corrected chi connectivity index (χ3v) is 6.94. The zero-order valence-electron chi connectivity index (χ0n) is 16.1. The molecule has 0 saturated carbocycles. The molecule has 1 fully saturated rings. The van der Waals surface area contributed by atoms with Crippen LogP contribution in [0.25, 0.3) is 0 Å². The van der Waals surface area contributed by atoms with Crippen LogP contribution in [0.2, 0.25) is 0 Å². The SMILES string of the molecule is C[C@@H]1COCCN1c1cc(CC(C)(C)S(C)(=O)=O)nc(Nc2ccn[nH]2)n1. The van der Waals surface area contributed by atoms with Crippen LogP contribution in [0.1, 0.15) is 26.5 Å². The van der Waals surface area contributed by atoms with Gasteiger partial charge in [0.25, 0.3) is 0 Å². The molecule has 0 spiro atoms. The molecular weight excluding hydrogens is 368 g/mol. The Labute approximate surface area is 159 Å². The van der Waals surface area contributed by atoms with E-state index in [-0.39, 0.29) is 12.5 Å². The Morgan fingerprint density at radius 2 is 2.19 bits per heavy atom. The van der Waals surface area contributed by atoms with Crippen LogP contribution in [0.5, 0.6) is 0 Å². The number of aromatic amines is 1. The number of ether oxygens (including phenoxy) is 1. The number of hydrogen-bond donors (Lipinski definition) is 2. The Hall–Kier alpha value is -2.20. The third-order valence-electron chi connectivity index (χ3n) is 4.79. The van der Waals surface area contributed by atoms with Gasteiger partial charge in [-0.3, -0.25) is 5.10 Å². The molecule has 1 atom stereocenters. The quantitative estimate of drug-likeness (QED) is 0.758. The Bertz CT molecular complexity index is 882. The Morgan fingerprint density at radius 1 is 1.41 bits per heavy atom. The second-order valence-corrected chi connectivity index (χ2v) is 10.1. The van der Waals surface area contributed by atoms with Crippen LogP contribution in [0.15, 0.2) is 18.3 Å². The summed E-state index contributed by atoms with van der Waals surface area (Å²) in [5, 5.41) is 9.82. The summed E-state index contributed by atoms with van der Waals surface area (Å²) >= 11 is 0. The van der Waals surface area contributed by atoms with Crippen LogP contribution in [-0.2, 0) is 21.0 Å². The largest absolute Gasteiger partial charge is 0.377 e. The van der Waals surface area contributed by atoms with Crippen LogP contribution >= 0.6 is 0 Å². The van der Waals surface area contributed by atoms with Crippen molar-refractivity contribution in [2.24, 2.45) is 0 Å². The van der Waals surface area contributed by atoms with E-state index in [2.05, 4.69) is 37.3 Å². The van der Waals surface area contributed by atoms with Crippen molar-refractivity contribution < 1.29 is 13.2 Å². The minimum atomic E-state index is -3.24. The first kappa shape index (κ1) is 19.6. The average Bonchev–Trinajstić information content (AvgIpc) is 3.06. The number of aromatic nitrogens is 4. The fourth-order valence-corrected chi connectivity index (χ4v) is 3.27. The highest BCUT2D eigenvalue weighted by Crippen LogP contribution is 2.26. The van der Waals surface area contributed by atoms with Crippen LogP contribution in [0.3, 0.4) is 0 Å². The average molecular weight is 395 g/mol. The first-order chi connectivity index (χ1) is 12.7. The number of morpholine rings is 1. The summed E-state index contributed by atoms with van der Waals surface area (Å²) in [6, 6.07) is 3.81. The number of nitrogens with zero attached hydrogens (tertiary/aromatic N) is 4. The highest BCUT2D eigenvalue weighted by Gasteiger charge is 2.32. The maximum absolute atomic E-state index is 12.1. The van der Waals surface area contributed by atoms with E-state index in [0.717, 1.165) is 12.4 Å². The van der Waals surface area contributed by atoms with Gasteiger partial charge in [-0.15, -0.1) is 0 Å². The van der Waals surface area contributed by atoms with Gasteiger partial charge in [0, 0.05) is 37.0 Å². The minimum Gasteiger partial charge on any atom is -0.377 e. The summed E-state index contributed by atoms with van der Waals surface area (Å²) in [5.41, 5.74) is 0.663. The van der Waals surface area contributed by atoms with Crippen molar-refractivity contribution in [1.82, 2.24) is 20.2 Å². The Balaban J connectivity index is 1.97. The van der Waals surface area contributed by atoms with E-state index in [1.807, 2.05) is 6.07 Å². The second-order valence-electron chi connectivity index (χ2n) is 7.46. The zero-order chi connectivity index (χ0) is 19.7. The molecule has 1 aliphatic heterocycles. The summed E-state index contributed by atoms with van der Waals surface area (Å²) in [5.74, 6) is 1.81. The van der Waals surface area contributed by atoms with Crippen molar-refractivity contribution in [2.45, 2.75) is 38.0 Å². The molecule has 0 unspecified atom stereocenters. The number of nitrogens with one attached hydrogen (secondary N) is 2. The molecular formula is C17H26N6O3S. The molecule has 27 heavy (non-hydrogen) atoms. The van der Waals surface area contributed by atoms with E-state index >= 15 is 0 Å². The molecule has 10 heteroatoms. The summed E-state index contributed by atoms with van der Waals surface area (Å²) < 4.78 is 28.9. The number of sulfone groups is 1. The molecule has 1 aliphatic rings. The molecule has 148 valence electrons. The molecule has 0 bridgehead atoms. The minimum absolute atomic E-state index is 0.171. The predicted octanol–water partition coefficient (Wildman–Crippen LogP) is 1.53. The van der Waals surface area contributed by atoms with Gasteiger partial charge in [0.05, 0.1) is 30.2 Å². The van der Waals surface area contributed by atoms with Crippen molar-refractivity contribution in [3.63, 3.8) is 0 Å². The van der Waals surface area contributed by atoms with Gasteiger partial charge in [0.15, 0.2) is 9.84 Å². The number of hydrogen-bond acceptors (Lipinski definition) is 8. The van der Waals surface area contributed by atoms with Gasteiger partial charge in [-0.1, -0.05) is 0 Å². The molecule has 0 amide bonds. The van der Waals surface area contributed by atoms with Crippen LogP contribution < -0.4 is 10.2 Å². The van der Waals surface area contributed by atoms with E-state index in [1.165, 1.54) is 6.26 Å². The predicted molar refractivity (Wildman–Crippen MR) is 104 cm³/mol. The molecule has 3 heterocycles. The van der Waals surface area contributed by atoms with Gasteiger partial charge >= 0.3 is 0 Å². The highest BCUT2D eigenvalue weighted by atomic mass is 32.2. The summed E-state index contributed by atoms with van der Waals surface area (Å²) in [7, 11) is -3.24. The van der Waals surface area contributed by atoms with Gasteiger partial charge < -0.3 is 15.0 Å². The smallest absolute Gasteiger partial charge is 0.230 e. The summed E-state index contributed by atoms with van der Waals surface area (Å²) in [4.78, 5) is 11.3. The fourth-order valence-electron chi connectivity index (χ4n) is 2.86. The van der Waals surface area contributed by atoms with E-state index in [9.17, 15) is 8.42 Å². The van der Waals surface area contributed by atoms with Crippen molar-refractivity contribution >= 4 is 27.4 Å². The summed E-state index contributed by atoms with van der Waals surface area (Å²) in [6.07, 6.45) is 3.17. The molecule has 3 rings (SSSR count). The van der Waals surface area contributed by atoms with E-state index in [4.69, 9.17) is 4.74 Å². The van der Waals surface area contributed by atoms with E-state index in [0.29, 0.717) is 30.7 Å². The molecule has 9 nitrogen and oxygen atoms in total. The third kappa shape index (κ3) is 4.56. The van der Waals surface area contributed by atoms with Crippen LogP contribution in [0.4, 0.5) is 17.6 Å². The van der Waals surface area contributed by atoms with E-state index < -0.39 is 14.6 Å². The lowest BCUT2D eigenvalue weighted by molar-refractivity contribution is 0.0985. The molecule has 2 N–H and O–H groups in total. The normalized spacial score (nSPS) is 18.5. The van der Waals surface area contributed by atoms with Gasteiger partial charge in [-0.05, 0) is 20.8 Å². The number of H-pyrrole nitrogens is 1. The van der Waals surface area contributed by atoms with Gasteiger partial charge in [0.1, 0.15) is 11.6 Å². The standard InChI is InChI=1S/C17H26N6O3S/c1-12-11-26-8-7-23(12)15-9-13(10-17(2,3)27(4,24)25)19-16(21-15)20-14-5-6-18-22-14/h5-6,9,12H,7-8,10-11H2,1-4H3,(H2,18,19,20,21,22)/t12-/m1/s1. The van der Waals surface area contributed by atoms with Gasteiger partial charge in [0.2, 0.25) is 5.95 Å². The molecule has 0 radical (unpaired) electrons. The van der Waals surface area contributed by atoms with Gasteiger partial charge in [-0.25, -0.2) is 13.4 Å². The van der Waals surface area contributed by atoms with Gasteiger partial charge in [-0.2, -0.15) is 10.1 Å². The van der Waals surface area contributed by atoms with Crippen LogP contribution in [-0.4, -0.2) is 65.4 Å². The van der Waals surface area contributed by atoms with Crippen molar-refractivity contribution in [3.05, 3.63) is 24.0 Å². The molecule has 2 aromatic rings. The first-order valence-electron chi connectivity index (χ1n) is 8.84. The first-order valence-corrected chi connectivity index (χ1v) is 10.7. The molecule has 2 aromatic heterocycles. The summed E-state index contributed by atoms with van der Waals surface area (Å²) in [6.45, 7) is 7.46. The van der Waals surface area contributed by atoms with E-state index in [1.54, 1.807) is 26.1 Å². The monoisotopic (exact) mass is 394 g/mol. The highest BCUT2D eigenvalue weighted by molar-refractivity contribution is 7.92. The molecule has 0 aromatic carbocycles. The maximum atomic E-state index is 12.1. The van der Waals surface area contributed by atoms with Crippen molar-refractivity contribution in [2.75, 3.05) is 36.2 Å². The number of rotatable bonds is 6. The lowest BCUT2D eigenvalue weighted by Crippen LogP contribution is -2.44. The molecule has 0 aliphatic carbocycles. The zero-order valence-corrected chi connectivity index (χ0v) is 16.9. The Kier molecular flexibility index (Phi) is 5.38. The number of anilines is 3. The lowest BCUT2D eigenvalue weighted by Gasteiger charge is -2.34. The van der Waals surface area contributed by atoms with Crippen molar-refractivity contribution in [1.29, 1.82) is 0 Å². The second kappa shape index (κ2) is 7.43. The lowest BCUT2D eigenvalue weighted by atomic mass is 10.1. The topological polar surface area (TPSA) is 113 Å². The fraction of sp³-hybridized carbons (Fsp3) is 0.588. The molecule has 1 saturated heterocycles. The maximum Gasteiger partial charge on any atom is 0.230 e. The van der Waals surface area contributed by atoms with Crippen LogP contribution in [0, 0.1) is 0 Å². The van der Waals surface area contributed by atoms with Crippen molar-refractivity contribution in [3.8, 4) is 0 Å².